The van der Waals surface area contributed by atoms with Crippen LogP contribution in [-0.4, -0.2) is 18.9 Å². The fourth-order valence-electron chi connectivity index (χ4n) is 2.98. The summed E-state index contributed by atoms with van der Waals surface area (Å²) in [5.41, 5.74) is 1.92. The Labute approximate surface area is 178 Å². The molecule has 5 nitrogen and oxygen atoms in total. The number of hydrogen-bond acceptors (Lipinski definition) is 3. The van der Waals surface area contributed by atoms with E-state index >= 15 is 0 Å². The molecule has 0 saturated carbocycles. The van der Waals surface area contributed by atoms with Crippen LogP contribution < -0.4 is 15.4 Å². The number of halogens is 2. The smallest absolute Gasteiger partial charge is 0.258 e. The summed E-state index contributed by atoms with van der Waals surface area (Å²) >= 11 is 5.97. The van der Waals surface area contributed by atoms with Gasteiger partial charge in [0.1, 0.15) is 11.6 Å². The molecule has 0 saturated heterocycles. The van der Waals surface area contributed by atoms with Gasteiger partial charge >= 0.3 is 0 Å². The molecule has 2 amide bonds. The number of rotatable bonds is 6. The van der Waals surface area contributed by atoms with Gasteiger partial charge in [0.2, 0.25) is 0 Å². The SMILES string of the molecule is COc1cc(Cl)ccc1CNC(=O)c1cccc(C)c1NC(=O)c1ccccc1F. The van der Waals surface area contributed by atoms with Crippen molar-refractivity contribution in [2.75, 3.05) is 12.4 Å². The highest BCUT2D eigenvalue weighted by atomic mass is 35.5. The molecule has 3 aromatic carbocycles. The normalized spacial score (nSPS) is 10.4. The summed E-state index contributed by atoms with van der Waals surface area (Å²) in [7, 11) is 1.52. The molecule has 154 valence electrons. The lowest BCUT2D eigenvalue weighted by Gasteiger charge is -2.15. The van der Waals surface area contributed by atoms with Gasteiger partial charge in [-0.25, -0.2) is 4.39 Å². The van der Waals surface area contributed by atoms with Gasteiger partial charge in [0.15, 0.2) is 0 Å². The van der Waals surface area contributed by atoms with Gasteiger partial charge in [-0.1, -0.05) is 41.9 Å². The molecular formula is C23H20ClFN2O3. The minimum Gasteiger partial charge on any atom is -0.496 e. The summed E-state index contributed by atoms with van der Waals surface area (Å²) in [4.78, 5) is 25.4. The average Bonchev–Trinajstić information content (AvgIpc) is 2.74. The van der Waals surface area contributed by atoms with E-state index < -0.39 is 11.7 Å². The van der Waals surface area contributed by atoms with Crippen LogP contribution in [0.1, 0.15) is 31.8 Å². The maximum atomic E-state index is 13.9. The van der Waals surface area contributed by atoms with Crippen molar-refractivity contribution in [2.24, 2.45) is 0 Å². The number of amides is 2. The van der Waals surface area contributed by atoms with E-state index in [0.717, 1.165) is 5.56 Å². The highest BCUT2D eigenvalue weighted by Crippen LogP contribution is 2.25. The van der Waals surface area contributed by atoms with Crippen LogP contribution in [0.5, 0.6) is 5.75 Å². The van der Waals surface area contributed by atoms with Crippen LogP contribution in [0.3, 0.4) is 0 Å². The maximum absolute atomic E-state index is 13.9. The molecule has 0 atom stereocenters. The van der Waals surface area contributed by atoms with E-state index in [1.54, 1.807) is 49.4 Å². The third-order valence-corrected chi connectivity index (χ3v) is 4.80. The molecule has 0 aliphatic rings. The molecular weight excluding hydrogens is 407 g/mol. The third kappa shape index (κ3) is 4.78. The van der Waals surface area contributed by atoms with Gasteiger partial charge < -0.3 is 15.4 Å². The van der Waals surface area contributed by atoms with Crippen molar-refractivity contribution >= 4 is 29.1 Å². The van der Waals surface area contributed by atoms with Crippen molar-refractivity contribution in [2.45, 2.75) is 13.5 Å². The molecule has 0 radical (unpaired) electrons. The second kappa shape index (κ2) is 9.41. The van der Waals surface area contributed by atoms with Gasteiger partial charge in [0.25, 0.3) is 11.8 Å². The molecule has 0 spiro atoms. The molecule has 0 heterocycles. The summed E-state index contributed by atoms with van der Waals surface area (Å²) in [6.45, 7) is 1.96. The van der Waals surface area contributed by atoms with Crippen molar-refractivity contribution < 1.29 is 18.7 Å². The number of para-hydroxylation sites is 1. The van der Waals surface area contributed by atoms with E-state index in [4.69, 9.17) is 16.3 Å². The van der Waals surface area contributed by atoms with Crippen LogP contribution in [0.4, 0.5) is 10.1 Å². The molecule has 0 aliphatic carbocycles. The number of hydrogen-bond donors (Lipinski definition) is 2. The third-order valence-electron chi connectivity index (χ3n) is 4.56. The molecule has 2 N–H and O–H groups in total. The Bertz CT molecular complexity index is 1100. The zero-order valence-electron chi connectivity index (χ0n) is 16.5. The Morgan fingerprint density at radius 3 is 2.47 bits per heavy atom. The van der Waals surface area contributed by atoms with Gasteiger partial charge in [-0.05, 0) is 42.8 Å². The molecule has 0 bridgehead atoms. The van der Waals surface area contributed by atoms with E-state index in [9.17, 15) is 14.0 Å². The minimum absolute atomic E-state index is 0.0991. The Hall–Kier alpha value is -3.38. The summed E-state index contributed by atoms with van der Waals surface area (Å²) in [5.74, 6) is -1.10. The number of methoxy groups -OCH3 is 1. The van der Waals surface area contributed by atoms with Crippen LogP contribution in [-0.2, 0) is 6.54 Å². The number of nitrogens with one attached hydrogen (secondary N) is 2. The summed E-state index contributed by atoms with van der Waals surface area (Å²) < 4.78 is 19.2. The molecule has 30 heavy (non-hydrogen) atoms. The quantitative estimate of drug-likeness (QED) is 0.584. The second-order valence-corrected chi connectivity index (χ2v) is 7.01. The monoisotopic (exact) mass is 426 g/mol. The van der Waals surface area contributed by atoms with Crippen molar-refractivity contribution in [3.8, 4) is 5.75 Å². The second-order valence-electron chi connectivity index (χ2n) is 6.57. The van der Waals surface area contributed by atoms with Crippen LogP contribution in [0.25, 0.3) is 0 Å². The van der Waals surface area contributed by atoms with Crippen LogP contribution in [0, 0.1) is 12.7 Å². The zero-order chi connectivity index (χ0) is 21.7. The summed E-state index contributed by atoms with van der Waals surface area (Å²) in [6.07, 6.45) is 0. The first kappa shape index (κ1) is 21.3. The fraction of sp³-hybridized carbons (Fsp3) is 0.130. The molecule has 7 heteroatoms. The molecule has 3 rings (SSSR count). The standard InChI is InChI=1S/C23H20ClFN2O3/c1-14-6-5-8-18(21(14)27-23(29)17-7-3-4-9-19(17)25)22(28)26-13-15-10-11-16(24)12-20(15)30-2/h3-12H,13H2,1-2H3,(H,26,28)(H,27,29). The van der Waals surface area contributed by atoms with Gasteiger partial charge in [0.05, 0.1) is 23.9 Å². The molecule has 0 fully saturated rings. The lowest BCUT2D eigenvalue weighted by molar-refractivity contribution is 0.0951. The van der Waals surface area contributed by atoms with Crippen LogP contribution >= 0.6 is 11.6 Å². The van der Waals surface area contributed by atoms with E-state index in [1.165, 1.54) is 25.3 Å². The Morgan fingerprint density at radius 2 is 1.73 bits per heavy atom. The number of anilines is 1. The highest BCUT2D eigenvalue weighted by molar-refractivity contribution is 6.30. The largest absolute Gasteiger partial charge is 0.496 e. The number of benzene rings is 3. The van der Waals surface area contributed by atoms with E-state index in [2.05, 4.69) is 10.6 Å². The number of carbonyl (C=O) groups is 2. The first-order valence-electron chi connectivity index (χ1n) is 9.17. The van der Waals surface area contributed by atoms with Crippen molar-refractivity contribution in [1.82, 2.24) is 5.32 Å². The van der Waals surface area contributed by atoms with Gasteiger partial charge in [-0.3, -0.25) is 9.59 Å². The van der Waals surface area contributed by atoms with Gasteiger partial charge in [-0.2, -0.15) is 0 Å². The Morgan fingerprint density at radius 1 is 1.00 bits per heavy atom. The Kier molecular flexibility index (Phi) is 6.69. The molecule has 0 unspecified atom stereocenters. The van der Waals surface area contributed by atoms with Crippen LogP contribution in [0.15, 0.2) is 60.7 Å². The van der Waals surface area contributed by atoms with Gasteiger partial charge in [-0.15, -0.1) is 0 Å². The van der Waals surface area contributed by atoms with Gasteiger partial charge in [0, 0.05) is 17.1 Å². The lowest BCUT2D eigenvalue weighted by Crippen LogP contribution is -2.25. The van der Waals surface area contributed by atoms with E-state index in [-0.39, 0.29) is 23.6 Å². The van der Waals surface area contributed by atoms with Crippen molar-refractivity contribution in [1.29, 1.82) is 0 Å². The first-order chi connectivity index (χ1) is 14.4. The first-order valence-corrected chi connectivity index (χ1v) is 9.54. The summed E-state index contributed by atoms with van der Waals surface area (Å²) in [6, 6.07) is 15.9. The Balaban J connectivity index is 1.81. The fourth-order valence-corrected chi connectivity index (χ4v) is 3.15. The van der Waals surface area contributed by atoms with Crippen LogP contribution in [0.2, 0.25) is 5.02 Å². The predicted octanol–water partition coefficient (Wildman–Crippen LogP) is 4.98. The van der Waals surface area contributed by atoms with Crippen molar-refractivity contribution in [3.05, 3.63) is 93.8 Å². The highest BCUT2D eigenvalue weighted by Gasteiger charge is 2.18. The average molecular weight is 427 g/mol. The van der Waals surface area contributed by atoms with E-state index in [1.807, 2.05) is 0 Å². The molecule has 0 aromatic heterocycles. The van der Waals surface area contributed by atoms with Crippen molar-refractivity contribution in [3.63, 3.8) is 0 Å². The predicted molar refractivity (Wildman–Crippen MR) is 115 cm³/mol. The molecule has 0 aliphatic heterocycles. The maximum Gasteiger partial charge on any atom is 0.258 e. The van der Waals surface area contributed by atoms with E-state index in [0.29, 0.717) is 22.0 Å². The molecule has 3 aromatic rings. The topological polar surface area (TPSA) is 67.4 Å². The number of ether oxygens (including phenoxy) is 1. The minimum atomic E-state index is -0.635. The number of carbonyl (C=O) groups excluding carboxylic acids is 2. The zero-order valence-corrected chi connectivity index (χ0v) is 17.2. The lowest BCUT2D eigenvalue weighted by atomic mass is 10.1. The summed E-state index contributed by atoms with van der Waals surface area (Å²) in [5, 5.41) is 6.00. The number of aryl methyl sites for hydroxylation is 1.